The van der Waals surface area contributed by atoms with Gasteiger partial charge in [-0.05, 0) is 32.2 Å². The summed E-state index contributed by atoms with van der Waals surface area (Å²) in [7, 11) is 0. The second-order valence-corrected chi connectivity index (χ2v) is 8.35. The number of anilines is 1. The van der Waals surface area contributed by atoms with Crippen molar-refractivity contribution in [1.82, 2.24) is 15.5 Å². The molecule has 140 valence electrons. The number of hydrogen-bond acceptors (Lipinski definition) is 8. The van der Waals surface area contributed by atoms with Gasteiger partial charge in [0.05, 0.1) is 17.8 Å². The Morgan fingerprint density at radius 1 is 1.44 bits per heavy atom. The number of fused-ring (bicyclic) bond motifs is 1. The van der Waals surface area contributed by atoms with Gasteiger partial charge in [-0.3, -0.25) is 14.9 Å². The highest BCUT2D eigenvalue weighted by Crippen LogP contribution is 2.44. The number of amides is 1. The Labute approximate surface area is 161 Å². The smallest absolute Gasteiger partial charge is 0.316 e. The number of halogens is 1. The quantitative estimate of drug-likeness (QED) is 0.425. The van der Waals surface area contributed by atoms with Gasteiger partial charge >= 0.3 is 5.97 Å². The van der Waals surface area contributed by atoms with Crippen LogP contribution in [0.2, 0.25) is 0 Å². The van der Waals surface area contributed by atoms with Crippen molar-refractivity contribution in [2.75, 3.05) is 30.8 Å². The van der Waals surface area contributed by atoms with E-state index in [-0.39, 0.29) is 35.5 Å². The molecule has 1 aromatic heterocycles. The van der Waals surface area contributed by atoms with Gasteiger partial charge in [0.2, 0.25) is 11.0 Å². The maximum Gasteiger partial charge on any atom is 0.316 e. The van der Waals surface area contributed by atoms with E-state index in [4.69, 9.17) is 4.74 Å². The van der Waals surface area contributed by atoms with Crippen molar-refractivity contribution in [3.8, 4) is 0 Å². The van der Waals surface area contributed by atoms with Crippen molar-refractivity contribution in [1.29, 1.82) is 0 Å². The number of nitrogens with one attached hydrogen (secondary N) is 2. The number of hydrogen-bond donors (Lipinski definition) is 2. The van der Waals surface area contributed by atoms with E-state index in [2.05, 4.69) is 20.8 Å². The maximum atomic E-state index is 12.8. The van der Waals surface area contributed by atoms with Crippen molar-refractivity contribution in [3.63, 3.8) is 0 Å². The molecule has 25 heavy (non-hydrogen) atoms. The van der Waals surface area contributed by atoms with Gasteiger partial charge in [0.1, 0.15) is 0 Å². The molecule has 2 N–H and O–H groups in total. The van der Waals surface area contributed by atoms with Crippen LogP contribution in [-0.4, -0.2) is 47.5 Å². The van der Waals surface area contributed by atoms with Crippen LogP contribution < -0.4 is 10.6 Å². The number of ether oxygens (including phenoxy) is 1. The van der Waals surface area contributed by atoms with Crippen molar-refractivity contribution in [2.24, 2.45) is 11.3 Å². The van der Waals surface area contributed by atoms with Crippen LogP contribution in [0.25, 0.3) is 0 Å². The summed E-state index contributed by atoms with van der Waals surface area (Å²) in [5.74, 6) is 0.392. The first-order valence-corrected chi connectivity index (χ1v) is 10.1. The molecule has 1 aliphatic carbocycles. The van der Waals surface area contributed by atoms with E-state index in [1.165, 1.54) is 29.5 Å². The molecule has 0 radical (unpaired) electrons. The lowest BCUT2D eigenvalue weighted by Gasteiger charge is -2.36. The normalized spacial score (nSPS) is 24.9. The minimum atomic E-state index is -0.303. The van der Waals surface area contributed by atoms with Gasteiger partial charge < -0.3 is 10.1 Å². The zero-order valence-corrected chi connectivity index (χ0v) is 16.5. The first kappa shape index (κ1) is 20.4. The lowest BCUT2D eigenvalue weighted by Crippen LogP contribution is -2.44. The lowest BCUT2D eigenvalue weighted by molar-refractivity contribution is -0.139. The fourth-order valence-electron chi connectivity index (χ4n) is 3.55. The fraction of sp³-hybridized carbons (Fsp3) is 0.733. The summed E-state index contributed by atoms with van der Waals surface area (Å²) in [5.41, 5.74) is -0.303. The average Bonchev–Trinajstić information content (AvgIpc) is 3.20. The van der Waals surface area contributed by atoms with Crippen molar-refractivity contribution in [3.05, 3.63) is 0 Å². The van der Waals surface area contributed by atoms with E-state index in [1.54, 1.807) is 6.92 Å². The number of nitrogens with zero attached hydrogens (tertiary/aromatic N) is 2. The molecule has 1 amide bonds. The molecular weight excluding hydrogens is 384 g/mol. The largest absolute Gasteiger partial charge is 0.465 e. The molecule has 2 fully saturated rings. The van der Waals surface area contributed by atoms with E-state index in [9.17, 15) is 9.59 Å². The Morgan fingerprint density at radius 2 is 2.28 bits per heavy atom. The molecule has 0 unspecified atom stereocenters. The minimum absolute atomic E-state index is 0. The third-order valence-electron chi connectivity index (χ3n) is 4.74. The van der Waals surface area contributed by atoms with Gasteiger partial charge in [-0.1, -0.05) is 35.9 Å². The van der Waals surface area contributed by atoms with Crippen LogP contribution in [0.15, 0.2) is 4.34 Å². The van der Waals surface area contributed by atoms with E-state index < -0.39 is 0 Å². The summed E-state index contributed by atoms with van der Waals surface area (Å²) in [6.07, 6.45) is 4.34. The molecule has 7 nitrogen and oxygen atoms in total. The molecule has 1 saturated heterocycles. The molecule has 1 saturated carbocycles. The maximum absolute atomic E-state index is 12.8. The van der Waals surface area contributed by atoms with Gasteiger partial charge in [0, 0.05) is 6.54 Å². The Bertz CT molecular complexity index is 615. The van der Waals surface area contributed by atoms with Crippen LogP contribution >= 0.6 is 35.5 Å². The second kappa shape index (κ2) is 9.16. The van der Waals surface area contributed by atoms with E-state index in [0.29, 0.717) is 22.0 Å². The Balaban J connectivity index is 0.00000225. The molecule has 0 spiro atoms. The molecular formula is C15H23ClN4O3S2. The lowest BCUT2D eigenvalue weighted by atomic mass is 9.68. The van der Waals surface area contributed by atoms with Gasteiger partial charge in [-0.25, -0.2) is 0 Å². The summed E-state index contributed by atoms with van der Waals surface area (Å²) in [6.45, 7) is 3.81. The number of esters is 1. The number of thioether (sulfide) groups is 1. The SMILES string of the molecule is CCOC(=O)CSc1nnc(NC(=O)[C@@]23CCCC[C@H]2CNC3)s1.Cl. The van der Waals surface area contributed by atoms with Crippen LogP contribution in [0.4, 0.5) is 5.13 Å². The van der Waals surface area contributed by atoms with Crippen LogP contribution in [-0.2, 0) is 14.3 Å². The highest BCUT2D eigenvalue weighted by molar-refractivity contribution is 8.01. The second-order valence-electron chi connectivity index (χ2n) is 6.15. The molecule has 1 aliphatic heterocycles. The van der Waals surface area contributed by atoms with Crippen LogP contribution in [0, 0.1) is 11.3 Å². The van der Waals surface area contributed by atoms with Crippen LogP contribution in [0.1, 0.15) is 32.6 Å². The minimum Gasteiger partial charge on any atom is -0.465 e. The summed E-state index contributed by atoms with van der Waals surface area (Å²) < 4.78 is 5.53. The number of carbonyl (C=O) groups excluding carboxylic acids is 2. The highest BCUT2D eigenvalue weighted by atomic mass is 35.5. The Morgan fingerprint density at radius 3 is 3.08 bits per heavy atom. The van der Waals surface area contributed by atoms with Crippen molar-refractivity contribution in [2.45, 2.75) is 36.9 Å². The average molecular weight is 407 g/mol. The zero-order chi connectivity index (χ0) is 17.0. The van der Waals surface area contributed by atoms with Crippen molar-refractivity contribution >= 4 is 52.5 Å². The van der Waals surface area contributed by atoms with Gasteiger partial charge in [0.15, 0.2) is 4.34 Å². The summed E-state index contributed by atoms with van der Waals surface area (Å²) in [6, 6.07) is 0. The number of aromatic nitrogens is 2. The van der Waals surface area contributed by atoms with Gasteiger partial charge in [-0.2, -0.15) is 0 Å². The van der Waals surface area contributed by atoms with Gasteiger partial charge in [-0.15, -0.1) is 22.6 Å². The highest BCUT2D eigenvalue weighted by Gasteiger charge is 2.50. The first-order chi connectivity index (χ1) is 11.6. The topological polar surface area (TPSA) is 93.2 Å². The molecule has 2 atom stereocenters. The molecule has 1 aromatic rings. The van der Waals surface area contributed by atoms with E-state index in [1.807, 2.05) is 0 Å². The van der Waals surface area contributed by atoms with Crippen molar-refractivity contribution < 1.29 is 14.3 Å². The monoisotopic (exact) mass is 406 g/mol. The Hall–Kier alpha value is -0.900. The molecule has 2 aliphatic rings. The predicted octanol–water partition coefficient (Wildman–Crippen LogP) is 2.33. The number of rotatable bonds is 6. The van der Waals surface area contributed by atoms with Gasteiger partial charge in [0.25, 0.3) is 0 Å². The summed E-state index contributed by atoms with van der Waals surface area (Å²) >= 11 is 2.57. The third kappa shape index (κ3) is 4.64. The Kier molecular flexibility index (Phi) is 7.48. The third-order valence-corrected chi connectivity index (χ3v) is 6.68. The first-order valence-electron chi connectivity index (χ1n) is 8.28. The fourth-order valence-corrected chi connectivity index (χ4v) is 5.10. The van der Waals surface area contributed by atoms with E-state index in [0.717, 1.165) is 32.4 Å². The van der Waals surface area contributed by atoms with E-state index >= 15 is 0 Å². The predicted molar refractivity (Wildman–Crippen MR) is 100 cm³/mol. The van der Waals surface area contributed by atoms with Crippen LogP contribution in [0.3, 0.4) is 0 Å². The molecule has 10 heteroatoms. The molecule has 2 heterocycles. The zero-order valence-electron chi connectivity index (χ0n) is 14.1. The van der Waals surface area contributed by atoms with Crippen LogP contribution in [0.5, 0.6) is 0 Å². The molecule has 3 rings (SSSR count). The summed E-state index contributed by atoms with van der Waals surface area (Å²) in [5, 5.41) is 14.9. The summed E-state index contributed by atoms with van der Waals surface area (Å²) in [4.78, 5) is 24.2. The molecule has 0 aromatic carbocycles. The molecule has 0 bridgehead atoms. The standard InChI is InChI=1S/C15H22N4O3S2.ClH/c1-2-22-11(20)8-23-14-19-18-13(24-14)17-12(21)15-6-4-3-5-10(15)7-16-9-15;/h10,16H,2-9H2,1H3,(H,17,18,21);1H/t10-,15+;/m0./s1. The number of carbonyl (C=O) groups is 2.